The fourth-order valence-electron chi connectivity index (χ4n) is 2.24. The van der Waals surface area contributed by atoms with Gasteiger partial charge in [0.1, 0.15) is 4.88 Å². The Morgan fingerprint density at radius 2 is 2.33 bits per heavy atom. The highest BCUT2D eigenvalue weighted by Crippen LogP contribution is 2.30. The third-order valence-corrected chi connectivity index (χ3v) is 5.28. The molecule has 2 unspecified atom stereocenters. The molecule has 0 bridgehead atoms. The summed E-state index contributed by atoms with van der Waals surface area (Å²) in [6.07, 6.45) is 8.76. The Kier molecular flexibility index (Phi) is 4.88. The van der Waals surface area contributed by atoms with Crippen LogP contribution in [0.2, 0.25) is 0 Å². The molecule has 1 aliphatic rings. The molecule has 1 heterocycles. The van der Waals surface area contributed by atoms with Crippen molar-refractivity contribution in [3.63, 3.8) is 0 Å². The Morgan fingerprint density at radius 1 is 1.56 bits per heavy atom. The third-order valence-electron chi connectivity index (χ3n) is 3.21. The van der Waals surface area contributed by atoms with E-state index in [0.717, 1.165) is 5.13 Å². The van der Waals surface area contributed by atoms with Crippen LogP contribution in [0.3, 0.4) is 0 Å². The first kappa shape index (κ1) is 13.7. The average molecular weight is 286 g/mol. The molecular weight excluding hydrogens is 268 g/mol. The number of anilines is 1. The van der Waals surface area contributed by atoms with Crippen LogP contribution in [0.15, 0.2) is 6.20 Å². The number of nitrogens with zero attached hydrogens (tertiary/aromatic N) is 1. The Morgan fingerprint density at radius 3 is 3.06 bits per heavy atom. The van der Waals surface area contributed by atoms with E-state index in [0.29, 0.717) is 16.2 Å². The van der Waals surface area contributed by atoms with Crippen molar-refractivity contribution >= 4 is 34.2 Å². The summed E-state index contributed by atoms with van der Waals surface area (Å²) in [5.74, 6) is -0.314. The average Bonchev–Trinajstić information content (AvgIpc) is 2.87. The maximum atomic E-state index is 11.4. The molecule has 1 aromatic heterocycles. The molecule has 0 aliphatic heterocycles. The Labute approximate surface area is 116 Å². The monoisotopic (exact) mass is 286 g/mol. The molecule has 2 atom stereocenters. The lowest BCUT2D eigenvalue weighted by Crippen LogP contribution is -2.34. The molecule has 0 radical (unpaired) electrons. The smallest absolute Gasteiger partial charge is 0.349 e. The number of thiazole rings is 1. The molecule has 1 fully saturated rings. The molecule has 6 heteroatoms. The quantitative estimate of drug-likeness (QED) is 0.862. The van der Waals surface area contributed by atoms with E-state index in [1.807, 2.05) is 11.8 Å². The minimum absolute atomic E-state index is 0.314. The van der Waals surface area contributed by atoms with Crippen molar-refractivity contribution in [3.8, 4) is 0 Å². The summed E-state index contributed by atoms with van der Waals surface area (Å²) in [7, 11) is 1.39. The van der Waals surface area contributed by atoms with Crippen LogP contribution in [0.5, 0.6) is 0 Å². The van der Waals surface area contributed by atoms with Gasteiger partial charge >= 0.3 is 5.97 Å². The first-order valence-electron chi connectivity index (χ1n) is 6.08. The van der Waals surface area contributed by atoms with E-state index in [-0.39, 0.29) is 5.97 Å². The molecular formula is C12H18N2O2S2. The Balaban J connectivity index is 1.99. The van der Waals surface area contributed by atoms with Crippen molar-refractivity contribution in [2.45, 2.75) is 37.0 Å². The maximum absolute atomic E-state index is 11.4. The second-order valence-electron chi connectivity index (χ2n) is 4.33. The lowest BCUT2D eigenvalue weighted by molar-refractivity contribution is 0.0606. The van der Waals surface area contributed by atoms with Crippen molar-refractivity contribution < 1.29 is 9.53 Å². The van der Waals surface area contributed by atoms with Gasteiger partial charge in [-0.15, -0.1) is 0 Å². The molecule has 18 heavy (non-hydrogen) atoms. The van der Waals surface area contributed by atoms with Crippen LogP contribution in [0, 0.1) is 0 Å². The molecule has 1 saturated carbocycles. The van der Waals surface area contributed by atoms with E-state index in [4.69, 9.17) is 0 Å². The highest BCUT2D eigenvalue weighted by Gasteiger charge is 2.25. The molecule has 0 amide bonds. The van der Waals surface area contributed by atoms with Gasteiger partial charge in [-0.25, -0.2) is 9.78 Å². The van der Waals surface area contributed by atoms with Gasteiger partial charge in [-0.1, -0.05) is 24.2 Å². The zero-order chi connectivity index (χ0) is 13.0. The van der Waals surface area contributed by atoms with Crippen LogP contribution < -0.4 is 5.32 Å². The van der Waals surface area contributed by atoms with Crippen LogP contribution in [0.4, 0.5) is 5.13 Å². The second-order valence-corrected chi connectivity index (χ2v) is 6.44. The van der Waals surface area contributed by atoms with Gasteiger partial charge in [-0.3, -0.25) is 0 Å². The first-order chi connectivity index (χ1) is 8.74. The van der Waals surface area contributed by atoms with Crippen LogP contribution in [-0.4, -0.2) is 35.6 Å². The molecule has 1 aromatic rings. The van der Waals surface area contributed by atoms with Gasteiger partial charge in [0, 0.05) is 11.3 Å². The van der Waals surface area contributed by atoms with Gasteiger partial charge in [0.05, 0.1) is 13.3 Å². The number of thioether (sulfide) groups is 1. The number of rotatable bonds is 4. The minimum Gasteiger partial charge on any atom is -0.465 e. The predicted molar refractivity (Wildman–Crippen MR) is 76.6 cm³/mol. The number of hydrogen-bond acceptors (Lipinski definition) is 6. The molecule has 0 aromatic carbocycles. The van der Waals surface area contributed by atoms with E-state index >= 15 is 0 Å². The molecule has 4 nitrogen and oxygen atoms in total. The van der Waals surface area contributed by atoms with Gasteiger partial charge in [-0.2, -0.15) is 11.8 Å². The predicted octanol–water partition coefficient (Wildman–Crippen LogP) is 3.02. The summed E-state index contributed by atoms with van der Waals surface area (Å²) >= 11 is 3.28. The van der Waals surface area contributed by atoms with Gasteiger partial charge in [-0.05, 0) is 19.1 Å². The molecule has 0 saturated heterocycles. The number of nitrogens with one attached hydrogen (secondary N) is 1. The summed E-state index contributed by atoms with van der Waals surface area (Å²) in [4.78, 5) is 16.2. The van der Waals surface area contributed by atoms with Crippen LogP contribution >= 0.6 is 23.1 Å². The number of aromatic nitrogens is 1. The topological polar surface area (TPSA) is 51.2 Å². The molecule has 2 rings (SSSR count). The van der Waals surface area contributed by atoms with E-state index < -0.39 is 0 Å². The number of ether oxygens (including phenoxy) is 1. The van der Waals surface area contributed by atoms with Crippen molar-refractivity contribution in [2.75, 3.05) is 18.7 Å². The van der Waals surface area contributed by atoms with Crippen LogP contribution in [-0.2, 0) is 4.74 Å². The van der Waals surface area contributed by atoms with Crippen molar-refractivity contribution in [1.82, 2.24) is 4.98 Å². The van der Waals surface area contributed by atoms with Gasteiger partial charge in [0.2, 0.25) is 0 Å². The minimum atomic E-state index is -0.314. The Hall–Kier alpha value is -0.750. The molecule has 1 N–H and O–H groups in total. The van der Waals surface area contributed by atoms with E-state index in [1.54, 1.807) is 6.20 Å². The molecule has 1 aliphatic carbocycles. The number of esters is 1. The van der Waals surface area contributed by atoms with Crippen LogP contribution in [0.1, 0.15) is 35.4 Å². The van der Waals surface area contributed by atoms with Gasteiger partial charge in [0.25, 0.3) is 0 Å². The number of methoxy groups -OCH3 is 1. The fraction of sp³-hybridized carbons (Fsp3) is 0.667. The second kappa shape index (κ2) is 6.43. The zero-order valence-corrected chi connectivity index (χ0v) is 12.3. The van der Waals surface area contributed by atoms with Crippen LogP contribution in [0.25, 0.3) is 0 Å². The third kappa shape index (κ3) is 3.17. The highest BCUT2D eigenvalue weighted by molar-refractivity contribution is 7.99. The van der Waals surface area contributed by atoms with Crippen molar-refractivity contribution in [1.29, 1.82) is 0 Å². The zero-order valence-electron chi connectivity index (χ0n) is 10.6. The Bertz CT molecular complexity index is 409. The lowest BCUT2D eigenvalue weighted by atomic mass is 9.95. The summed E-state index contributed by atoms with van der Waals surface area (Å²) in [5.41, 5.74) is 0. The summed E-state index contributed by atoms with van der Waals surface area (Å²) in [5, 5.41) is 4.92. The fourth-order valence-corrected chi connectivity index (χ4v) is 3.97. The normalized spacial score (nSPS) is 23.7. The number of carbonyl (C=O) groups is 1. The standard InChI is InChI=1S/C12H18N2O2S2/c1-16-11(15)10-7-13-12(18-10)14-8-5-3-4-6-9(8)17-2/h7-9H,3-6H2,1-2H3,(H,13,14). The largest absolute Gasteiger partial charge is 0.465 e. The van der Waals surface area contributed by atoms with E-state index in [2.05, 4.69) is 21.3 Å². The number of carbonyl (C=O) groups excluding carboxylic acids is 1. The summed E-state index contributed by atoms with van der Waals surface area (Å²) in [6.45, 7) is 0. The summed E-state index contributed by atoms with van der Waals surface area (Å²) < 4.78 is 4.68. The lowest BCUT2D eigenvalue weighted by Gasteiger charge is -2.30. The maximum Gasteiger partial charge on any atom is 0.349 e. The van der Waals surface area contributed by atoms with Gasteiger partial charge in [0.15, 0.2) is 5.13 Å². The van der Waals surface area contributed by atoms with E-state index in [9.17, 15) is 4.79 Å². The molecule has 0 spiro atoms. The highest BCUT2D eigenvalue weighted by atomic mass is 32.2. The van der Waals surface area contributed by atoms with Gasteiger partial charge < -0.3 is 10.1 Å². The SMILES string of the molecule is COC(=O)c1cnc(NC2CCCCC2SC)s1. The molecule has 100 valence electrons. The number of hydrogen-bond donors (Lipinski definition) is 1. The van der Waals surface area contributed by atoms with Crippen molar-refractivity contribution in [2.24, 2.45) is 0 Å². The van der Waals surface area contributed by atoms with E-state index in [1.165, 1.54) is 44.1 Å². The summed E-state index contributed by atoms with van der Waals surface area (Å²) in [6, 6.07) is 0.463. The van der Waals surface area contributed by atoms with Crippen molar-refractivity contribution in [3.05, 3.63) is 11.1 Å². The first-order valence-corrected chi connectivity index (χ1v) is 8.18.